The molecule has 0 rings (SSSR count). The minimum atomic E-state index is 0. The van der Waals surface area contributed by atoms with Crippen molar-refractivity contribution >= 4 is 24.0 Å². The summed E-state index contributed by atoms with van der Waals surface area (Å²) in [6, 6.07) is 0. The van der Waals surface area contributed by atoms with Gasteiger partial charge in [-0.25, -0.2) is 0 Å². The van der Waals surface area contributed by atoms with Crippen LogP contribution in [-0.4, -0.2) is 17.9 Å². The van der Waals surface area contributed by atoms with Crippen LogP contribution in [0.1, 0.15) is 0 Å². The SMILES string of the molecule is Cl.NCCCl.O. The van der Waals surface area contributed by atoms with Crippen LogP contribution in [0.3, 0.4) is 0 Å². The highest BCUT2D eigenvalue weighted by Crippen LogP contribution is 1.60. The van der Waals surface area contributed by atoms with Gasteiger partial charge in [0.25, 0.3) is 0 Å². The first kappa shape index (κ1) is 16.1. The van der Waals surface area contributed by atoms with Crippen LogP contribution >= 0.6 is 24.0 Å². The molecule has 0 bridgehead atoms. The molecule has 0 aliphatic heterocycles. The Kier molecular flexibility index (Phi) is 47.7. The van der Waals surface area contributed by atoms with Gasteiger partial charge in [-0.15, -0.1) is 24.0 Å². The van der Waals surface area contributed by atoms with Crippen LogP contribution in [-0.2, 0) is 0 Å². The summed E-state index contributed by atoms with van der Waals surface area (Å²) in [5.74, 6) is 0.569. The van der Waals surface area contributed by atoms with Crippen molar-refractivity contribution in [1.82, 2.24) is 0 Å². The lowest BCUT2D eigenvalue weighted by Gasteiger charge is -1.68. The maximum atomic E-state index is 5.06. The molecule has 0 saturated carbocycles. The molecule has 0 aromatic rings. The zero-order valence-electron chi connectivity index (χ0n) is 3.28. The third kappa shape index (κ3) is 24.5. The van der Waals surface area contributed by atoms with Gasteiger partial charge in [-0.05, 0) is 0 Å². The smallest absolute Gasteiger partial charge is 0.0346 e. The summed E-state index contributed by atoms with van der Waals surface area (Å²) in [7, 11) is 0. The monoisotopic (exact) mass is 133 g/mol. The minimum absolute atomic E-state index is 0. The first-order chi connectivity index (χ1) is 1.91. The fourth-order valence-electron chi connectivity index (χ4n) is 0. The highest BCUT2D eigenvalue weighted by Gasteiger charge is 1.58. The van der Waals surface area contributed by atoms with Crippen molar-refractivity contribution in [1.29, 1.82) is 0 Å². The van der Waals surface area contributed by atoms with Crippen molar-refractivity contribution in [2.24, 2.45) is 5.73 Å². The van der Waals surface area contributed by atoms with E-state index in [1.165, 1.54) is 0 Å². The van der Waals surface area contributed by atoms with Gasteiger partial charge in [0.2, 0.25) is 0 Å². The fourth-order valence-corrected chi connectivity index (χ4v) is 0. The van der Waals surface area contributed by atoms with E-state index in [1.807, 2.05) is 0 Å². The molecule has 0 saturated heterocycles. The van der Waals surface area contributed by atoms with E-state index >= 15 is 0 Å². The Balaban J connectivity index is -0.0000000450. The maximum absolute atomic E-state index is 5.06. The second-order valence-electron chi connectivity index (χ2n) is 0.478. The van der Waals surface area contributed by atoms with Crippen LogP contribution < -0.4 is 5.73 Å². The fraction of sp³-hybridized carbons (Fsp3) is 1.00. The van der Waals surface area contributed by atoms with Crippen molar-refractivity contribution in [2.45, 2.75) is 0 Å². The lowest BCUT2D eigenvalue weighted by atomic mass is 10.8. The van der Waals surface area contributed by atoms with E-state index in [4.69, 9.17) is 17.3 Å². The van der Waals surface area contributed by atoms with Gasteiger partial charge < -0.3 is 11.2 Å². The summed E-state index contributed by atoms with van der Waals surface area (Å²) in [6.07, 6.45) is 0. The average molecular weight is 134 g/mol. The Labute approximate surface area is 48.4 Å². The molecule has 0 aliphatic carbocycles. The molecule has 0 aromatic heterocycles. The quantitative estimate of drug-likeness (QED) is 0.495. The largest absolute Gasteiger partial charge is 0.412 e. The molecule has 4 N–H and O–H groups in total. The number of halogens is 2. The minimum Gasteiger partial charge on any atom is -0.412 e. The number of nitrogens with two attached hydrogens (primary N) is 1. The molecule has 0 aliphatic rings. The predicted molar refractivity (Wildman–Crippen MR) is 30.6 cm³/mol. The van der Waals surface area contributed by atoms with E-state index in [9.17, 15) is 0 Å². The van der Waals surface area contributed by atoms with Crippen molar-refractivity contribution < 1.29 is 5.48 Å². The second kappa shape index (κ2) is 17.8. The van der Waals surface area contributed by atoms with Crippen LogP contribution in [0.4, 0.5) is 0 Å². The Hall–Kier alpha value is 0.500. The number of rotatable bonds is 1. The van der Waals surface area contributed by atoms with E-state index in [-0.39, 0.29) is 17.9 Å². The lowest BCUT2D eigenvalue weighted by molar-refractivity contribution is 0.824. The van der Waals surface area contributed by atoms with Gasteiger partial charge in [0.05, 0.1) is 0 Å². The Bertz CT molecular complexity index is 13.5. The van der Waals surface area contributed by atoms with Crippen molar-refractivity contribution in [3.05, 3.63) is 0 Å². The summed E-state index contributed by atoms with van der Waals surface area (Å²) >= 11 is 5.06. The van der Waals surface area contributed by atoms with Gasteiger partial charge in [0.15, 0.2) is 0 Å². The van der Waals surface area contributed by atoms with E-state index < -0.39 is 0 Å². The molecule has 0 heterocycles. The van der Waals surface area contributed by atoms with Crippen LogP contribution in [0.5, 0.6) is 0 Å². The van der Waals surface area contributed by atoms with E-state index in [1.54, 1.807) is 0 Å². The van der Waals surface area contributed by atoms with Crippen LogP contribution in [0, 0.1) is 0 Å². The van der Waals surface area contributed by atoms with Crippen molar-refractivity contribution in [3.8, 4) is 0 Å². The van der Waals surface area contributed by atoms with E-state index in [0.717, 1.165) is 0 Å². The van der Waals surface area contributed by atoms with Crippen LogP contribution in [0.25, 0.3) is 0 Å². The molecule has 0 fully saturated rings. The molecule has 42 valence electrons. The van der Waals surface area contributed by atoms with Gasteiger partial charge >= 0.3 is 0 Å². The zero-order valence-corrected chi connectivity index (χ0v) is 4.85. The lowest BCUT2D eigenvalue weighted by Crippen LogP contribution is -1.97. The molecule has 0 amide bonds. The molecule has 2 nitrogen and oxygen atoms in total. The second-order valence-corrected chi connectivity index (χ2v) is 0.856. The third-order valence-corrected chi connectivity index (χ3v) is 0.327. The Morgan fingerprint density at radius 1 is 1.50 bits per heavy atom. The standard InChI is InChI=1S/C2H6ClN.ClH.H2O/c3-1-2-4;;/h1-2,4H2;1H;1H2. The van der Waals surface area contributed by atoms with Gasteiger partial charge in [-0.3, -0.25) is 0 Å². The predicted octanol–water partition coefficient (Wildman–Crippen LogP) is -0.219. The van der Waals surface area contributed by atoms with E-state index in [0.29, 0.717) is 12.4 Å². The summed E-state index contributed by atoms with van der Waals surface area (Å²) < 4.78 is 0. The third-order valence-electron chi connectivity index (χ3n) is 0.109. The molecular weight excluding hydrogens is 125 g/mol. The van der Waals surface area contributed by atoms with Gasteiger partial charge in [0, 0.05) is 12.4 Å². The van der Waals surface area contributed by atoms with Crippen LogP contribution in [0.2, 0.25) is 0 Å². The maximum Gasteiger partial charge on any atom is 0.0346 e. The van der Waals surface area contributed by atoms with Crippen molar-refractivity contribution in [2.75, 3.05) is 12.4 Å². The number of hydrogen-bond donors (Lipinski definition) is 1. The molecule has 0 atom stereocenters. The molecule has 0 aromatic carbocycles. The molecular formula is C2H9Cl2NO. The highest BCUT2D eigenvalue weighted by molar-refractivity contribution is 6.18. The molecule has 0 unspecified atom stereocenters. The molecule has 4 heteroatoms. The van der Waals surface area contributed by atoms with Gasteiger partial charge in [-0.1, -0.05) is 0 Å². The van der Waals surface area contributed by atoms with Gasteiger partial charge in [-0.2, -0.15) is 0 Å². The number of hydrogen-bond acceptors (Lipinski definition) is 1. The Morgan fingerprint density at radius 3 is 1.67 bits per heavy atom. The summed E-state index contributed by atoms with van der Waals surface area (Å²) in [4.78, 5) is 0. The highest BCUT2D eigenvalue weighted by atomic mass is 35.5. The topological polar surface area (TPSA) is 57.5 Å². The molecule has 0 radical (unpaired) electrons. The number of alkyl halides is 1. The summed E-state index contributed by atoms with van der Waals surface area (Å²) in [5, 5.41) is 0. The summed E-state index contributed by atoms with van der Waals surface area (Å²) in [5.41, 5.74) is 4.90. The first-order valence-corrected chi connectivity index (χ1v) is 1.71. The zero-order chi connectivity index (χ0) is 3.41. The van der Waals surface area contributed by atoms with E-state index in [2.05, 4.69) is 0 Å². The average Bonchev–Trinajstić information content (AvgIpc) is 1.37. The van der Waals surface area contributed by atoms with Crippen LogP contribution in [0.15, 0.2) is 0 Å². The summed E-state index contributed by atoms with van der Waals surface area (Å²) in [6.45, 7) is 0.585. The van der Waals surface area contributed by atoms with Gasteiger partial charge in [0.1, 0.15) is 0 Å². The normalized spacial score (nSPS) is 5.00. The molecule has 0 spiro atoms. The van der Waals surface area contributed by atoms with Crippen molar-refractivity contribution in [3.63, 3.8) is 0 Å². The first-order valence-electron chi connectivity index (χ1n) is 1.18. The molecule has 6 heavy (non-hydrogen) atoms. The Morgan fingerprint density at radius 2 is 1.67 bits per heavy atom.